The van der Waals surface area contributed by atoms with E-state index in [9.17, 15) is 14.0 Å². The van der Waals surface area contributed by atoms with Crippen LogP contribution in [0.5, 0.6) is 5.75 Å². The lowest BCUT2D eigenvalue weighted by Gasteiger charge is -2.35. The zero-order valence-corrected chi connectivity index (χ0v) is 12.0. The minimum atomic E-state index is -0.797. The van der Waals surface area contributed by atoms with E-state index < -0.39 is 24.2 Å². The quantitative estimate of drug-likeness (QED) is 0.866. The Hall–Kier alpha value is -2.11. The molecular weight excluding hydrogens is 291 g/mol. The van der Waals surface area contributed by atoms with Crippen LogP contribution < -0.4 is 4.74 Å². The smallest absolute Gasteiger partial charge is 0.339 e. The van der Waals surface area contributed by atoms with Gasteiger partial charge in [-0.2, -0.15) is 0 Å². The van der Waals surface area contributed by atoms with E-state index in [1.807, 2.05) is 0 Å². The van der Waals surface area contributed by atoms with Crippen molar-refractivity contribution < 1.29 is 28.6 Å². The summed E-state index contributed by atoms with van der Waals surface area (Å²) in [7, 11) is 0. The molecular formula is C16H17FO5. The van der Waals surface area contributed by atoms with E-state index in [-0.39, 0.29) is 12.5 Å². The van der Waals surface area contributed by atoms with Crippen molar-refractivity contribution in [3.05, 3.63) is 29.3 Å². The van der Waals surface area contributed by atoms with Crippen LogP contribution in [0.15, 0.2) is 18.2 Å². The Morgan fingerprint density at radius 1 is 1.41 bits per heavy atom. The van der Waals surface area contributed by atoms with Gasteiger partial charge in [0.05, 0.1) is 11.5 Å². The number of carboxylic acids is 1. The van der Waals surface area contributed by atoms with Crippen molar-refractivity contribution >= 4 is 11.9 Å². The second-order valence-electron chi connectivity index (χ2n) is 5.74. The first-order valence-electron chi connectivity index (χ1n) is 7.35. The van der Waals surface area contributed by atoms with E-state index in [4.69, 9.17) is 14.6 Å². The number of aliphatic carboxylic acids is 1. The van der Waals surface area contributed by atoms with Crippen molar-refractivity contribution in [2.24, 2.45) is 5.92 Å². The molecule has 1 N–H and O–H groups in total. The normalized spacial score (nSPS) is 26.6. The van der Waals surface area contributed by atoms with Crippen LogP contribution in [0.2, 0.25) is 0 Å². The predicted octanol–water partition coefficient (Wildman–Crippen LogP) is 2.68. The number of alkyl halides is 1. The fourth-order valence-electron chi connectivity index (χ4n) is 3.33. The Kier molecular flexibility index (Phi) is 3.76. The Morgan fingerprint density at radius 3 is 2.77 bits per heavy atom. The van der Waals surface area contributed by atoms with E-state index in [2.05, 4.69) is 0 Å². The maximum Gasteiger partial charge on any atom is 0.339 e. The van der Waals surface area contributed by atoms with Crippen LogP contribution in [0.3, 0.4) is 0 Å². The molecule has 118 valence electrons. The fourth-order valence-corrected chi connectivity index (χ4v) is 3.33. The third-order valence-electron chi connectivity index (χ3n) is 4.48. The largest absolute Gasteiger partial charge is 0.491 e. The number of benzene rings is 1. The molecule has 0 bridgehead atoms. The number of carbonyl (C=O) groups excluding carboxylic acids is 1. The van der Waals surface area contributed by atoms with Crippen LogP contribution in [0.25, 0.3) is 0 Å². The number of hydrogen-bond acceptors (Lipinski definition) is 4. The van der Waals surface area contributed by atoms with Gasteiger partial charge in [-0.3, -0.25) is 4.79 Å². The van der Waals surface area contributed by atoms with Gasteiger partial charge < -0.3 is 14.6 Å². The second kappa shape index (κ2) is 5.59. The van der Waals surface area contributed by atoms with Gasteiger partial charge in [-0.1, -0.05) is 6.07 Å². The molecule has 5 nitrogen and oxygen atoms in total. The Morgan fingerprint density at radius 2 is 2.14 bits per heavy atom. The maximum atomic E-state index is 12.2. The molecule has 1 fully saturated rings. The number of esters is 1. The highest BCUT2D eigenvalue weighted by molar-refractivity contribution is 5.95. The van der Waals surface area contributed by atoms with Gasteiger partial charge >= 0.3 is 11.9 Å². The average Bonchev–Trinajstić information content (AvgIpc) is 2.78. The third kappa shape index (κ3) is 2.42. The summed E-state index contributed by atoms with van der Waals surface area (Å²) in [5, 5.41) is 9.08. The number of ether oxygens (including phenoxy) is 2. The molecule has 1 saturated carbocycles. The summed E-state index contributed by atoms with van der Waals surface area (Å²) < 4.78 is 22.9. The van der Waals surface area contributed by atoms with E-state index in [1.54, 1.807) is 18.2 Å². The highest BCUT2D eigenvalue weighted by Gasteiger charge is 2.48. The molecule has 2 aliphatic rings. The Bertz CT molecular complexity index is 605. The number of carboxylic acid groups (broad SMARTS) is 1. The summed E-state index contributed by atoms with van der Waals surface area (Å²) in [6, 6.07) is 5.04. The third-order valence-corrected chi connectivity index (χ3v) is 4.48. The Balaban J connectivity index is 1.84. The lowest BCUT2D eigenvalue weighted by atomic mass is 9.75. The molecule has 0 unspecified atom stereocenters. The monoisotopic (exact) mass is 308 g/mol. The van der Waals surface area contributed by atoms with Gasteiger partial charge in [0.15, 0.2) is 0 Å². The van der Waals surface area contributed by atoms with Crippen LogP contribution in [0.4, 0.5) is 4.39 Å². The van der Waals surface area contributed by atoms with Crippen LogP contribution in [0.1, 0.15) is 41.6 Å². The van der Waals surface area contributed by atoms with Crippen LogP contribution in [-0.4, -0.2) is 30.3 Å². The molecule has 0 saturated heterocycles. The molecule has 1 heterocycles. The maximum absolute atomic E-state index is 12.2. The van der Waals surface area contributed by atoms with Gasteiger partial charge in [-0.25, -0.2) is 9.18 Å². The van der Waals surface area contributed by atoms with Crippen molar-refractivity contribution in [2.75, 3.05) is 13.3 Å². The van der Waals surface area contributed by atoms with Crippen LogP contribution in [0, 0.1) is 5.92 Å². The predicted molar refractivity (Wildman–Crippen MR) is 74.6 cm³/mol. The summed E-state index contributed by atoms with van der Waals surface area (Å²) in [5.41, 5.74) is 0.510. The molecule has 0 radical (unpaired) electrons. The van der Waals surface area contributed by atoms with Crippen molar-refractivity contribution in [2.45, 2.75) is 31.3 Å². The standard InChI is InChI=1S/C16H17FO5/c17-7-8-21-11-1-2-13-12(9-11)15(20)22-16(13)5-3-10(4-6-16)14(18)19/h1-2,9-10H,3-8H2,(H,18,19). The number of hydrogen-bond donors (Lipinski definition) is 1. The SMILES string of the molecule is O=C1OC2(CCC(C(=O)O)CC2)c2ccc(OCCF)cc21. The molecule has 3 rings (SSSR count). The number of halogens is 1. The van der Waals surface area contributed by atoms with Gasteiger partial charge in [0.25, 0.3) is 0 Å². The van der Waals surface area contributed by atoms with Crippen LogP contribution in [-0.2, 0) is 15.1 Å². The minimum absolute atomic E-state index is 0.0563. The highest BCUT2D eigenvalue weighted by atomic mass is 19.1. The first-order chi connectivity index (χ1) is 10.6. The van der Waals surface area contributed by atoms with Crippen molar-refractivity contribution in [3.63, 3.8) is 0 Å². The molecule has 6 heteroatoms. The Labute approximate surface area is 127 Å². The first-order valence-corrected chi connectivity index (χ1v) is 7.35. The summed E-state index contributed by atoms with van der Waals surface area (Å²) in [6.07, 6.45) is 1.99. The molecule has 1 aliphatic carbocycles. The van der Waals surface area contributed by atoms with E-state index in [0.29, 0.717) is 37.0 Å². The summed E-state index contributed by atoms with van der Waals surface area (Å²) in [5.74, 6) is -1.16. The fraction of sp³-hybridized carbons (Fsp3) is 0.500. The number of fused-ring (bicyclic) bond motifs is 2. The van der Waals surface area contributed by atoms with Gasteiger partial charge in [-0.05, 0) is 37.8 Å². The topological polar surface area (TPSA) is 72.8 Å². The number of carbonyl (C=O) groups is 2. The molecule has 22 heavy (non-hydrogen) atoms. The molecule has 0 atom stereocenters. The summed E-state index contributed by atoms with van der Waals surface area (Å²) in [4.78, 5) is 23.2. The van der Waals surface area contributed by atoms with Gasteiger partial charge in [0.1, 0.15) is 24.6 Å². The summed E-state index contributed by atoms with van der Waals surface area (Å²) in [6.45, 7) is -0.651. The second-order valence-corrected chi connectivity index (χ2v) is 5.74. The van der Waals surface area contributed by atoms with E-state index in [1.165, 1.54) is 0 Å². The van der Waals surface area contributed by atoms with E-state index in [0.717, 1.165) is 5.56 Å². The molecule has 1 aromatic carbocycles. The van der Waals surface area contributed by atoms with Crippen molar-refractivity contribution in [1.82, 2.24) is 0 Å². The van der Waals surface area contributed by atoms with Crippen molar-refractivity contribution in [1.29, 1.82) is 0 Å². The zero-order chi connectivity index (χ0) is 15.7. The molecule has 1 aliphatic heterocycles. The highest BCUT2D eigenvalue weighted by Crippen LogP contribution is 2.48. The summed E-state index contributed by atoms with van der Waals surface area (Å²) >= 11 is 0. The minimum Gasteiger partial charge on any atom is -0.491 e. The molecule has 1 spiro atoms. The van der Waals surface area contributed by atoms with Gasteiger partial charge in [0.2, 0.25) is 0 Å². The van der Waals surface area contributed by atoms with Crippen molar-refractivity contribution in [3.8, 4) is 5.75 Å². The number of rotatable bonds is 4. The first kappa shape index (κ1) is 14.8. The lowest BCUT2D eigenvalue weighted by Crippen LogP contribution is -2.34. The molecule has 1 aromatic rings. The lowest BCUT2D eigenvalue weighted by molar-refractivity contribution is -0.144. The zero-order valence-electron chi connectivity index (χ0n) is 12.0. The average molecular weight is 308 g/mol. The van der Waals surface area contributed by atoms with Gasteiger partial charge in [-0.15, -0.1) is 0 Å². The van der Waals surface area contributed by atoms with E-state index >= 15 is 0 Å². The molecule has 0 amide bonds. The molecule has 0 aromatic heterocycles. The van der Waals surface area contributed by atoms with Crippen LogP contribution >= 0.6 is 0 Å². The van der Waals surface area contributed by atoms with Gasteiger partial charge in [0, 0.05) is 5.56 Å².